The first kappa shape index (κ1) is 13.0. The molecule has 0 spiro atoms. The molecule has 1 atom stereocenters. The summed E-state index contributed by atoms with van der Waals surface area (Å²) in [6, 6.07) is 12.8. The summed E-state index contributed by atoms with van der Waals surface area (Å²) in [4.78, 5) is 0. The summed E-state index contributed by atoms with van der Waals surface area (Å²) < 4.78 is 10.7. The van der Waals surface area contributed by atoms with Crippen molar-refractivity contribution in [3.8, 4) is 11.5 Å². The number of fused-ring (bicyclic) bond motifs is 2. The van der Waals surface area contributed by atoms with Crippen molar-refractivity contribution in [1.82, 2.24) is 5.32 Å². The van der Waals surface area contributed by atoms with Crippen LogP contribution in [0.15, 0.2) is 36.4 Å². The van der Waals surface area contributed by atoms with Gasteiger partial charge in [-0.25, -0.2) is 0 Å². The zero-order valence-corrected chi connectivity index (χ0v) is 12.3. The van der Waals surface area contributed by atoms with Crippen molar-refractivity contribution in [3.63, 3.8) is 0 Å². The number of ether oxygens (including phenoxy) is 2. The van der Waals surface area contributed by atoms with Crippen LogP contribution < -0.4 is 14.8 Å². The Morgan fingerprint density at radius 1 is 1.00 bits per heavy atom. The molecule has 0 saturated carbocycles. The highest BCUT2D eigenvalue weighted by Crippen LogP contribution is 2.32. The van der Waals surface area contributed by atoms with Gasteiger partial charge in [0.25, 0.3) is 0 Å². The minimum atomic E-state index is 0.324. The van der Waals surface area contributed by atoms with Crippen LogP contribution in [0.5, 0.6) is 11.5 Å². The molecule has 0 bridgehead atoms. The molecule has 4 heteroatoms. The second-order valence-corrected chi connectivity index (χ2v) is 6.02. The molecule has 0 saturated heterocycles. The predicted octanol–water partition coefficient (Wildman–Crippen LogP) is 3.33. The quantitative estimate of drug-likeness (QED) is 0.943. The molecule has 0 radical (unpaired) electrons. The Bertz CT molecular complexity index is 686. The first-order chi connectivity index (χ1) is 10.3. The van der Waals surface area contributed by atoms with Crippen LogP contribution in [-0.4, -0.2) is 12.8 Å². The van der Waals surface area contributed by atoms with Gasteiger partial charge in [-0.1, -0.05) is 23.7 Å². The minimum Gasteiger partial charge on any atom is -0.454 e. The molecule has 1 unspecified atom stereocenters. The summed E-state index contributed by atoms with van der Waals surface area (Å²) in [5, 5.41) is 4.44. The van der Waals surface area contributed by atoms with Crippen LogP contribution in [0.1, 0.15) is 16.7 Å². The molecule has 1 heterocycles. The van der Waals surface area contributed by atoms with Crippen LogP contribution in [0.4, 0.5) is 0 Å². The van der Waals surface area contributed by atoms with Gasteiger partial charge in [-0.05, 0) is 53.8 Å². The first-order valence-corrected chi connectivity index (χ1v) is 7.55. The van der Waals surface area contributed by atoms with Crippen molar-refractivity contribution < 1.29 is 9.47 Å². The van der Waals surface area contributed by atoms with Gasteiger partial charge in [-0.2, -0.15) is 0 Å². The van der Waals surface area contributed by atoms with Gasteiger partial charge in [0.1, 0.15) is 0 Å². The van der Waals surface area contributed by atoms with Gasteiger partial charge in [0, 0.05) is 17.6 Å². The highest BCUT2D eigenvalue weighted by Gasteiger charge is 2.21. The topological polar surface area (TPSA) is 30.5 Å². The molecule has 4 rings (SSSR count). The molecule has 2 aliphatic rings. The average molecular weight is 302 g/mol. The summed E-state index contributed by atoms with van der Waals surface area (Å²) in [7, 11) is 0. The fourth-order valence-electron chi connectivity index (χ4n) is 3.04. The number of benzene rings is 2. The Morgan fingerprint density at radius 3 is 2.81 bits per heavy atom. The molecular weight excluding hydrogens is 286 g/mol. The fourth-order valence-corrected chi connectivity index (χ4v) is 3.24. The van der Waals surface area contributed by atoms with Crippen LogP contribution in [0, 0.1) is 0 Å². The van der Waals surface area contributed by atoms with E-state index in [0.29, 0.717) is 12.8 Å². The van der Waals surface area contributed by atoms with Crippen molar-refractivity contribution in [2.24, 2.45) is 0 Å². The Labute approximate surface area is 128 Å². The molecule has 1 aliphatic carbocycles. The van der Waals surface area contributed by atoms with Crippen LogP contribution in [0.3, 0.4) is 0 Å². The number of hydrogen-bond donors (Lipinski definition) is 1. The molecule has 2 aromatic carbocycles. The monoisotopic (exact) mass is 301 g/mol. The molecule has 1 N–H and O–H groups in total. The van der Waals surface area contributed by atoms with Crippen molar-refractivity contribution in [3.05, 3.63) is 58.1 Å². The van der Waals surface area contributed by atoms with E-state index < -0.39 is 0 Å². The summed E-state index contributed by atoms with van der Waals surface area (Å²) in [6.07, 6.45) is 2.11. The normalized spacial score (nSPS) is 18.8. The highest BCUT2D eigenvalue weighted by molar-refractivity contribution is 6.30. The van der Waals surface area contributed by atoms with E-state index in [2.05, 4.69) is 23.5 Å². The lowest BCUT2D eigenvalue weighted by molar-refractivity contribution is 0.174. The molecule has 21 heavy (non-hydrogen) atoms. The van der Waals surface area contributed by atoms with Crippen LogP contribution in [-0.2, 0) is 19.4 Å². The predicted molar refractivity (Wildman–Crippen MR) is 82.1 cm³/mol. The van der Waals surface area contributed by atoms with E-state index in [9.17, 15) is 0 Å². The Balaban J connectivity index is 1.40. The summed E-state index contributed by atoms with van der Waals surface area (Å²) in [5.74, 6) is 1.68. The van der Waals surface area contributed by atoms with Gasteiger partial charge in [0.2, 0.25) is 6.79 Å². The Hall–Kier alpha value is -1.71. The largest absolute Gasteiger partial charge is 0.454 e. The fraction of sp³-hybridized carbons (Fsp3) is 0.294. The Kier molecular flexibility index (Phi) is 3.24. The van der Waals surface area contributed by atoms with Gasteiger partial charge in [0.15, 0.2) is 11.5 Å². The van der Waals surface area contributed by atoms with Crippen molar-refractivity contribution in [2.45, 2.75) is 25.4 Å². The van der Waals surface area contributed by atoms with Crippen molar-refractivity contribution >= 4 is 11.6 Å². The number of nitrogens with one attached hydrogen (secondary N) is 1. The lowest BCUT2D eigenvalue weighted by atomic mass is 10.1. The zero-order valence-electron chi connectivity index (χ0n) is 11.6. The van der Waals surface area contributed by atoms with Gasteiger partial charge >= 0.3 is 0 Å². The molecular formula is C17H16ClNO2. The number of halogens is 1. The smallest absolute Gasteiger partial charge is 0.231 e. The van der Waals surface area contributed by atoms with Crippen LogP contribution in [0.2, 0.25) is 5.02 Å². The Morgan fingerprint density at radius 2 is 1.86 bits per heavy atom. The zero-order chi connectivity index (χ0) is 14.2. The lowest BCUT2D eigenvalue weighted by Gasteiger charge is -2.12. The third-order valence-electron chi connectivity index (χ3n) is 4.13. The van der Waals surface area contributed by atoms with Crippen LogP contribution >= 0.6 is 11.6 Å². The van der Waals surface area contributed by atoms with E-state index in [-0.39, 0.29) is 0 Å². The van der Waals surface area contributed by atoms with Gasteiger partial charge in [-0.15, -0.1) is 0 Å². The van der Waals surface area contributed by atoms with Gasteiger partial charge in [0.05, 0.1) is 0 Å². The van der Waals surface area contributed by atoms with E-state index in [1.807, 2.05) is 18.2 Å². The molecule has 0 aromatic heterocycles. The molecule has 0 amide bonds. The third kappa shape index (κ3) is 2.59. The molecule has 0 fully saturated rings. The maximum Gasteiger partial charge on any atom is 0.231 e. The maximum absolute atomic E-state index is 6.05. The van der Waals surface area contributed by atoms with E-state index >= 15 is 0 Å². The first-order valence-electron chi connectivity index (χ1n) is 7.17. The summed E-state index contributed by atoms with van der Waals surface area (Å²) in [6.45, 7) is 1.16. The lowest BCUT2D eigenvalue weighted by Crippen LogP contribution is -2.28. The van der Waals surface area contributed by atoms with Gasteiger partial charge < -0.3 is 14.8 Å². The van der Waals surface area contributed by atoms with Crippen molar-refractivity contribution in [2.75, 3.05) is 6.79 Å². The molecule has 108 valence electrons. The molecule has 1 aliphatic heterocycles. The second kappa shape index (κ2) is 5.24. The van der Waals surface area contributed by atoms with E-state index in [1.165, 1.54) is 16.7 Å². The van der Waals surface area contributed by atoms with Crippen LogP contribution in [0.25, 0.3) is 0 Å². The van der Waals surface area contributed by atoms with Gasteiger partial charge in [-0.3, -0.25) is 0 Å². The third-order valence-corrected chi connectivity index (χ3v) is 4.37. The summed E-state index contributed by atoms with van der Waals surface area (Å²) >= 11 is 6.05. The van der Waals surface area contributed by atoms with Crippen molar-refractivity contribution in [1.29, 1.82) is 0 Å². The maximum atomic E-state index is 6.05. The highest BCUT2D eigenvalue weighted by atomic mass is 35.5. The molecule has 2 aromatic rings. The molecule has 3 nitrogen and oxygen atoms in total. The van der Waals surface area contributed by atoms with E-state index in [4.69, 9.17) is 21.1 Å². The number of rotatable bonds is 3. The van der Waals surface area contributed by atoms with E-state index in [0.717, 1.165) is 35.9 Å². The van der Waals surface area contributed by atoms with E-state index in [1.54, 1.807) is 0 Å². The number of hydrogen-bond acceptors (Lipinski definition) is 3. The summed E-state index contributed by atoms with van der Waals surface area (Å²) in [5.41, 5.74) is 3.99. The average Bonchev–Trinajstić information content (AvgIpc) is 3.09. The standard InChI is InChI=1S/C17H16ClNO2/c18-14-3-2-12-7-15(8-13(12)6-14)19-9-11-1-4-16-17(5-11)21-10-20-16/h1-6,15,19H,7-10H2. The second-order valence-electron chi connectivity index (χ2n) is 5.59. The SMILES string of the molecule is Clc1ccc2c(c1)CC(NCc1ccc3c(c1)OCO3)C2. The minimum absolute atomic E-state index is 0.324.